The highest BCUT2D eigenvalue weighted by Gasteiger charge is 2.31. The molecule has 5 rings (SSSR count). The Morgan fingerprint density at radius 2 is 1.62 bits per heavy atom. The average Bonchev–Trinajstić information content (AvgIpc) is 3.29. The first-order chi connectivity index (χ1) is 16.4. The van der Waals surface area contributed by atoms with Crippen molar-refractivity contribution in [2.24, 2.45) is 0 Å². The Balaban J connectivity index is 1.31. The first-order valence-corrected chi connectivity index (χ1v) is 11.9. The second-order valence-corrected chi connectivity index (χ2v) is 9.46. The van der Waals surface area contributed by atoms with E-state index >= 15 is 0 Å². The van der Waals surface area contributed by atoms with E-state index in [0.717, 1.165) is 24.2 Å². The molecule has 3 aromatic rings. The van der Waals surface area contributed by atoms with Crippen LogP contribution in [0.25, 0.3) is 0 Å². The van der Waals surface area contributed by atoms with E-state index in [4.69, 9.17) is 16.6 Å². The van der Waals surface area contributed by atoms with Gasteiger partial charge in [-0.2, -0.15) is 0 Å². The highest BCUT2D eigenvalue weighted by atomic mass is 35.5. The summed E-state index contributed by atoms with van der Waals surface area (Å²) in [4.78, 5) is 34.9. The van der Waals surface area contributed by atoms with Crippen molar-refractivity contribution in [3.05, 3.63) is 93.3 Å². The molecule has 1 saturated heterocycles. The summed E-state index contributed by atoms with van der Waals surface area (Å²) in [5.74, 6) is -0.0309. The third kappa shape index (κ3) is 4.26. The first kappa shape index (κ1) is 22.4. The number of pyridine rings is 1. The molecule has 0 saturated carbocycles. The predicted molar refractivity (Wildman–Crippen MR) is 130 cm³/mol. The number of phenolic OH excluding ortho intramolecular Hbond substituents is 1. The number of likely N-dealkylation sites (tertiary alicyclic amines) is 1. The van der Waals surface area contributed by atoms with Crippen molar-refractivity contribution >= 4 is 23.4 Å². The molecule has 6 nitrogen and oxygen atoms in total. The smallest absolute Gasteiger partial charge is 0.256 e. The van der Waals surface area contributed by atoms with Gasteiger partial charge < -0.3 is 14.9 Å². The molecular weight excluding hydrogens is 450 g/mol. The number of piperidine rings is 1. The number of nitrogens with zero attached hydrogens (tertiary/aromatic N) is 3. The van der Waals surface area contributed by atoms with Crippen LogP contribution in [0.3, 0.4) is 0 Å². The number of carbonyl (C=O) groups is 2. The minimum atomic E-state index is -0.108. The summed E-state index contributed by atoms with van der Waals surface area (Å²) in [6.07, 6.45) is 1.46. The standard InChI is InChI=1S/C27H26ClN3O3/c1-17-6-8-22(27(34)31-15-20-4-2-3-5-21(20)16-31)25(29-17)18-10-12-30(13-11-18)26(33)19-7-9-24(32)23(28)14-19/h2-9,14,18,32H,10-13,15-16H2,1H3. The molecule has 3 heterocycles. The Morgan fingerprint density at radius 3 is 2.26 bits per heavy atom. The van der Waals surface area contributed by atoms with Crippen molar-refractivity contribution in [3.8, 4) is 5.75 Å². The molecule has 0 spiro atoms. The number of amides is 2. The zero-order chi connectivity index (χ0) is 23.8. The van der Waals surface area contributed by atoms with E-state index in [-0.39, 0.29) is 28.5 Å². The lowest BCUT2D eigenvalue weighted by Crippen LogP contribution is -2.38. The number of carbonyl (C=O) groups excluding carboxylic acids is 2. The molecule has 7 heteroatoms. The predicted octanol–water partition coefficient (Wildman–Crippen LogP) is 4.92. The van der Waals surface area contributed by atoms with Crippen LogP contribution in [-0.2, 0) is 13.1 Å². The SMILES string of the molecule is Cc1ccc(C(=O)N2Cc3ccccc3C2)c(C2CCN(C(=O)c3ccc(O)c(Cl)c3)CC2)n1. The van der Waals surface area contributed by atoms with Gasteiger partial charge >= 0.3 is 0 Å². The monoisotopic (exact) mass is 475 g/mol. The van der Waals surface area contributed by atoms with Gasteiger partial charge in [-0.1, -0.05) is 35.9 Å². The molecule has 0 unspecified atom stereocenters. The van der Waals surface area contributed by atoms with Crippen LogP contribution in [-0.4, -0.2) is 44.8 Å². The lowest BCUT2D eigenvalue weighted by molar-refractivity contribution is 0.0703. The second-order valence-electron chi connectivity index (χ2n) is 9.05. The van der Waals surface area contributed by atoms with Crippen LogP contribution in [0.15, 0.2) is 54.6 Å². The van der Waals surface area contributed by atoms with E-state index in [1.807, 2.05) is 36.1 Å². The minimum absolute atomic E-state index is 0.0101. The second kappa shape index (κ2) is 9.11. The maximum atomic E-state index is 13.5. The van der Waals surface area contributed by atoms with Gasteiger partial charge in [0.25, 0.3) is 11.8 Å². The maximum Gasteiger partial charge on any atom is 0.256 e. The number of fused-ring (bicyclic) bond motifs is 1. The van der Waals surface area contributed by atoms with E-state index in [1.54, 1.807) is 11.0 Å². The third-order valence-electron chi connectivity index (χ3n) is 6.79. The maximum absolute atomic E-state index is 13.5. The zero-order valence-electron chi connectivity index (χ0n) is 19.0. The van der Waals surface area contributed by atoms with Crippen LogP contribution in [0, 0.1) is 6.92 Å². The topological polar surface area (TPSA) is 73.7 Å². The van der Waals surface area contributed by atoms with Crippen LogP contribution in [0.5, 0.6) is 5.75 Å². The summed E-state index contributed by atoms with van der Waals surface area (Å²) in [6, 6.07) is 16.5. The van der Waals surface area contributed by atoms with Crippen molar-refractivity contribution in [1.82, 2.24) is 14.8 Å². The first-order valence-electron chi connectivity index (χ1n) is 11.5. The number of rotatable bonds is 3. The number of aromatic nitrogens is 1. The van der Waals surface area contributed by atoms with Crippen LogP contribution in [0.1, 0.15) is 62.0 Å². The average molecular weight is 476 g/mol. The fourth-order valence-corrected chi connectivity index (χ4v) is 5.08. The van der Waals surface area contributed by atoms with Gasteiger partial charge in [-0.05, 0) is 61.2 Å². The molecule has 2 aliphatic rings. The van der Waals surface area contributed by atoms with Gasteiger partial charge in [0, 0.05) is 43.4 Å². The van der Waals surface area contributed by atoms with Crippen LogP contribution < -0.4 is 0 Å². The third-order valence-corrected chi connectivity index (χ3v) is 7.09. The molecular formula is C27H26ClN3O3. The van der Waals surface area contributed by atoms with E-state index in [9.17, 15) is 14.7 Å². The molecule has 2 amide bonds. The van der Waals surface area contributed by atoms with Crippen molar-refractivity contribution in [2.45, 2.75) is 38.8 Å². The van der Waals surface area contributed by atoms with Crippen molar-refractivity contribution < 1.29 is 14.7 Å². The summed E-state index contributed by atoms with van der Waals surface area (Å²) in [6.45, 7) is 4.31. The molecule has 34 heavy (non-hydrogen) atoms. The number of benzene rings is 2. The molecule has 0 atom stereocenters. The van der Waals surface area contributed by atoms with E-state index < -0.39 is 0 Å². The van der Waals surface area contributed by atoms with E-state index in [2.05, 4.69) is 12.1 Å². The minimum Gasteiger partial charge on any atom is -0.506 e. The molecule has 174 valence electrons. The van der Waals surface area contributed by atoms with Gasteiger partial charge in [-0.25, -0.2) is 0 Å². The van der Waals surface area contributed by atoms with Gasteiger partial charge in [0.05, 0.1) is 16.3 Å². The van der Waals surface area contributed by atoms with Crippen molar-refractivity contribution in [3.63, 3.8) is 0 Å². The van der Waals surface area contributed by atoms with Gasteiger partial charge in [0.1, 0.15) is 5.75 Å². The Morgan fingerprint density at radius 1 is 0.941 bits per heavy atom. The lowest BCUT2D eigenvalue weighted by atomic mass is 9.89. The highest BCUT2D eigenvalue weighted by Crippen LogP contribution is 2.33. The molecule has 2 aromatic carbocycles. The summed E-state index contributed by atoms with van der Waals surface area (Å²) >= 11 is 5.98. The summed E-state index contributed by atoms with van der Waals surface area (Å²) in [5, 5.41) is 9.79. The van der Waals surface area contributed by atoms with Gasteiger partial charge in [-0.3, -0.25) is 14.6 Å². The molecule has 1 N–H and O–H groups in total. The fraction of sp³-hybridized carbons (Fsp3) is 0.296. The normalized spacial score (nSPS) is 15.9. The largest absolute Gasteiger partial charge is 0.506 e. The van der Waals surface area contributed by atoms with Gasteiger partial charge in [0.2, 0.25) is 0 Å². The Hall–Kier alpha value is -3.38. The summed E-state index contributed by atoms with van der Waals surface area (Å²) in [7, 11) is 0. The number of aryl methyl sites for hydroxylation is 1. The molecule has 0 radical (unpaired) electrons. The number of hydrogen-bond acceptors (Lipinski definition) is 4. The highest BCUT2D eigenvalue weighted by molar-refractivity contribution is 6.32. The molecule has 1 aromatic heterocycles. The van der Waals surface area contributed by atoms with E-state index in [1.165, 1.54) is 23.3 Å². The van der Waals surface area contributed by atoms with E-state index in [0.29, 0.717) is 37.3 Å². The van der Waals surface area contributed by atoms with Crippen LogP contribution in [0.4, 0.5) is 0 Å². The quantitative estimate of drug-likeness (QED) is 0.583. The summed E-state index contributed by atoms with van der Waals surface area (Å²) < 4.78 is 0. The molecule has 0 aliphatic carbocycles. The number of phenols is 1. The van der Waals surface area contributed by atoms with Crippen LogP contribution >= 0.6 is 11.6 Å². The Labute approximate surface area is 203 Å². The van der Waals surface area contributed by atoms with Gasteiger partial charge in [0.15, 0.2) is 0 Å². The van der Waals surface area contributed by atoms with Gasteiger partial charge in [-0.15, -0.1) is 0 Å². The van der Waals surface area contributed by atoms with Crippen LogP contribution in [0.2, 0.25) is 5.02 Å². The lowest BCUT2D eigenvalue weighted by Gasteiger charge is -2.33. The number of aromatic hydroxyl groups is 1. The van der Waals surface area contributed by atoms with Crippen molar-refractivity contribution in [1.29, 1.82) is 0 Å². The molecule has 0 bridgehead atoms. The molecule has 1 fully saturated rings. The number of halogens is 1. The van der Waals surface area contributed by atoms with Crippen molar-refractivity contribution in [2.75, 3.05) is 13.1 Å². The fourth-order valence-electron chi connectivity index (χ4n) is 4.89. The number of hydrogen-bond donors (Lipinski definition) is 1. The Kier molecular flexibility index (Phi) is 6.00. The molecule has 2 aliphatic heterocycles. The summed E-state index contributed by atoms with van der Waals surface area (Å²) in [5.41, 5.74) is 5.22. The Bertz CT molecular complexity index is 1240. The zero-order valence-corrected chi connectivity index (χ0v) is 19.8.